The van der Waals surface area contributed by atoms with E-state index in [1.54, 1.807) is 23.1 Å². The smallest absolute Gasteiger partial charge is 0.257 e. The van der Waals surface area contributed by atoms with Crippen LogP contribution in [0, 0.1) is 5.82 Å². The second-order valence-electron chi connectivity index (χ2n) is 6.08. The highest BCUT2D eigenvalue weighted by molar-refractivity contribution is 5.98. The molecule has 0 bridgehead atoms. The van der Waals surface area contributed by atoms with Crippen molar-refractivity contribution in [3.63, 3.8) is 0 Å². The van der Waals surface area contributed by atoms with Crippen molar-refractivity contribution in [2.45, 2.75) is 13.0 Å². The van der Waals surface area contributed by atoms with Gasteiger partial charge in [-0.25, -0.2) is 4.39 Å². The van der Waals surface area contributed by atoms with E-state index in [0.717, 1.165) is 5.56 Å². The molecule has 6 nitrogen and oxygen atoms in total. The van der Waals surface area contributed by atoms with Gasteiger partial charge in [0, 0.05) is 25.2 Å². The van der Waals surface area contributed by atoms with Crippen LogP contribution in [0.2, 0.25) is 0 Å². The summed E-state index contributed by atoms with van der Waals surface area (Å²) in [6.45, 7) is 2.40. The van der Waals surface area contributed by atoms with Crippen LogP contribution in [0.25, 0.3) is 0 Å². The first-order valence-electron chi connectivity index (χ1n) is 8.21. The number of carbonyl (C=O) groups is 2. The Kier molecular flexibility index (Phi) is 5.18. The maximum atomic E-state index is 13.1. The van der Waals surface area contributed by atoms with E-state index in [1.807, 2.05) is 0 Å². The summed E-state index contributed by atoms with van der Waals surface area (Å²) in [7, 11) is 0. The van der Waals surface area contributed by atoms with Crippen LogP contribution in [-0.2, 0) is 9.53 Å². The minimum Gasteiger partial charge on any atom is -0.507 e. The lowest BCUT2D eigenvalue weighted by molar-refractivity contribution is -0.114. The Morgan fingerprint density at radius 3 is 2.62 bits per heavy atom. The zero-order chi connectivity index (χ0) is 18.7. The number of morpholine rings is 1. The lowest BCUT2D eigenvalue weighted by Crippen LogP contribution is -2.42. The molecule has 2 N–H and O–H groups in total. The molecule has 1 saturated heterocycles. The number of nitrogens with zero attached hydrogens (tertiary/aromatic N) is 1. The summed E-state index contributed by atoms with van der Waals surface area (Å²) in [5, 5.41) is 12.7. The van der Waals surface area contributed by atoms with E-state index in [2.05, 4.69) is 5.32 Å². The fourth-order valence-electron chi connectivity index (χ4n) is 2.88. The first-order valence-corrected chi connectivity index (χ1v) is 8.21. The molecule has 0 aliphatic carbocycles. The van der Waals surface area contributed by atoms with Gasteiger partial charge in [-0.15, -0.1) is 0 Å². The molecular formula is C19H19FN2O4. The monoisotopic (exact) mass is 358 g/mol. The molecule has 0 aromatic heterocycles. The van der Waals surface area contributed by atoms with Crippen LogP contribution in [-0.4, -0.2) is 41.5 Å². The topological polar surface area (TPSA) is 78.9 Å². The average Bonchev–Trinajstić information content (AvgIpc) is 2.61. The van der Waals surface area contributed by atoms with Crippen molar-refractivity contribution >= 4 is 17.5 Å². The minimum absolute atomic E-state index is 0.152. The number of aromatic hydroxyl groups is 1. The number of nitrogens with one attached hydrogen (secondary N) is 1. The summed E-state index contributed by atoms with van der Waals surface area (Å²) >= 11 is 0. The first-order chi connectivity index (χ1) is 12.4. The molecule has 3 rings (SSSR count). The number of hydrogen-bond acceptors (Lipinski definition) is 4. The minimum atomic E-state index is -0.353. The average molecular weight is 358 g/mol. The number of phenols is 1. The third kappa shape index (κ3) is 4.00. The van der Waals surface area contributed by atoms with E-state index in [9.17, 15) is 19.1 Å². The van der Waals surface area contributed by atoms with Gasteiger partial charge >= 0.3 is 0 Å². The molecule has 2 aromatic rings. The molecule has 136 valence electrons. The number of hydrogen-bond donors (Lipinski definition) is 2. The molecular weight excluding hydrogens is 339 g/mol. The Morgan fingerprint density at radius 2 is 1.96 bits per heavy atom. The van der Waals surface area contributed by atoms with Crippen molar-refractivity contribution in [2.24, 2.45) is 0 Å². The number of halogens is 1. The van der Waals surface area contributed by atoms with Gasteiger partial charge in [-0.2, -0.15) is 0 Å². The van der Waals surface area contributed by atoms with Crippen LogP contribution in [0.15, 0.2) is 42.5 Å². The van der Waals surface area contributed by atoms with E-state index in [0.29, 0.717) is 25.4 Å². The van der Waals surface area contributed by atoms with Gasteiger partial charge in [-0.05, 0) is 29.8 Å². The van der Waals surface area contributed by atoms with Crippen molar-refractivity contribution in [2.75, 3.05) is 25.0 Å². The molecule has 2 aromatic carbocycles. The number of carbonyl (C=O) groups excluding carboxylic acids is 2. The van der Waals surface area contributed by atoms with Crippen LogP contribution in [0.1, 0.15) is 28.9 Å². The molecule has 1 aliphatic heterocycles. The van der Waals surface area contributed by atoms with Crippen LogP contribution in [0.5, 0.6) is 5.75 Å². The molecule has 1 atom stereocenters. The van der Waals surface area contributed by atoms with Crippen LogP contribution in [0.3, 0.4) is 0 Å². The second kappa shape index (κ2) is 7.53. The fraction of sp³-hybridized carbons (Fsp3) is 0.263. The Hall–Kier alpha value is -2.93. The van der Waals surface area contributed by atoms with E-state index in [1.165, 1.54) is 31.2 Å². The zero-order valence-corrected chi connectivity index (χ0v) is 14.2. The van der Waals surface area contributed by atoms with Gasteiger partial charge in [-0.3, -0.25) is 9.59 Å². The van der Waals surface area contributed by atoms with Crippen LogP contribution in [0.4, 0.5) is 10.1 Å². The molecule has 0 radical (unpaired) electrons. The van der Waals surface area contributed by atoms with Crippen molar-refractivity contribution in [1.82, 2.24) is 4.90 Å². The molecule has 1 fully saturated rings. The maximum Gasteiger partial charge on any atom is 0.257 e. The number of anilines is 1. The highest BCUT2D eigenvalue weighted by Crippen LogP contribution is 2.27. The summed E-state index contributed by atoms with van der Waals surface area (Å²) in [4.78, 5) is 25.4. The van der Waals surface area contributed by atoms with Gasteiger partial charge in [0.2, 0.25) is 5.91 Å². The predicted octanol–water partition coefficient (Wildman–Crippen LogP) is 2.70. The quantitative estimate of drug-likeness (QED) is 0.884. The maximum absolute atomic E-state index is 13.1. The lowest BCUT2D eigenvalue weighted by Gasteiger charge is -2.33. The number of benzene rings is 2. The number of ether oxygens (including phenoxy) is 1. The molecule has 2 amide bonds. The van der Waals surface area contributed by atoms with Crippen molar-refractivity contribution < 1.29 is 23.8 Å². The number of amides is 2. The van der Waals surface area contributed by atoms with Crippen molar-refractivity contribution in [3.05, 3.63) is 59.4 Å². The normalized spacial score (nSPS) is 17.0. The van der Waals surface area contributed by atoms with Crippen LogP contribution < -0.4 is 5.32 Å². The van der Waals surface area contributed by atoms with Crippen molar-refractivity contribution in [1.29, 1.82) is 0 Å². The molecule has 1 aliphatic rings. The van der Waals surface area contributed by atoms with E-state index in [4.69, 9.17) is 4.74 Å². The van der Waals surface area contributed by atoms with Gasteiger partial charge < -0.3 is 20.1 Å². The third-order valence-electron chi connectivity index (χ3n) is 4.14. The highest BCUT2D eigenvalue weighted by atomic mass is 19.1. The summed E-state index contributed by atoms with van der Waals surface area (Å²) in [6.07, 6.45) is -0.353. The van der Waals surface area contributed by atoms with Gasteiger partial charge in [-0.1, -0.05) is 12.1 Å². The molecule has 1 heterocycles. The van der Waals surface area contributed by atoms with Gasteiger partial charge in [0.05, 0.1) is 18.7 Å². The zero-order valence-electron chi connectivity index (χ0n) is 14.2. The Morgan fingerprint density at radius 1 is 1.23 bits per heavy atom. The Bertz CT molecular complexity index is 823. The summed E-state index contributed by atoms with van der Waals surface area (Å²) in [5.41, 5.74) is 1.35. The van der Waals surface area contributed by atoms with Gasteiger partial charge in [0.15, 0.2) is 0 Å². The van der Waals surface area contributed by atoms with E-state index in [-0.39, 0.29) is 35.0 Å². The summed E-state index contributed by atoms with van der Waals surface area (Å²) < 4.78 is 18.8. The van der Waals surface area contributed by atoms with E-state index >= 15 is 0 Å². The molecule has 0 saturated carbocycles. The standard InChI is InChI=1S/C19H19FN2O4/c1-12(23)21-15-6-7-16(17(24)10-15)19(25)22-8-9-26-18(11-22)13-2-4-14(20)5-3-13/h2-7,10,18,24H,8-9,11H2,1H3,(H,21,23)/t18-/m0/s1. The summed E-state index contributed by atoms with van der Waals surface area (Å²) in [6, 6.07) is 10.4. The van der Waals surface area contributed by atoms with Crippen molar-refractivity contribution in [3.8, 4) is 5.75 Å². The Labute approximate surface area is 150 Å². The SMILES string of the molecule is CC(=O)Nc1ccc(C(=O)N2CCO[C@H](c3ccc(F)cc3)C2)c(O)c1. The number of rotatable bonds is 3. The second-order valence-corrected chi connectivity index (χ2v) is 6.08. The highest BCUT2D eigenvalue weighted by Gasteiger charge is 2.27. The van der Waals surface area contributed by atoms with Gasteiger partial charge in [0.25, 0.3) is 5.91 Å². The first kappa shape index (κ1) is 17.9. The fourth-order valence-corrected chi connectivity index (χ4v) is 2.88. The lowest BCUT2D eigenvalue weighted by atomic mass is 10.1. The van der Waals surface area contributed by atoms with E-state index < -0.39 is 0 Å². The Balaban J connectivity index is 1.74. The third-order valence-corrected chi connectivity index (χ3v) is 4.14. The van der Waals surface area contributed by atoms with Gasteiger partial charge in [0.1, 0.15) is 17.7 Å². The molecule has 7 heteroatoms. The predicted molar refractivity (Wildman–Crippen MR) is 93.4 cm³/mol. The van der Waals surface area contributed by atoms with Crippen LogP contribution >= 0.6 is 0 Å². The number of phenolic OH excluding ortho intramolecular Hbond substituents is 1. The largest absolute Gasteiger partial charge is 0.507 e. The molecule has 0 unspecified atom stereocenters. The molecule has 26 heavy (non-hydrogen) atoms. The summed E-state index contributed by atoms with van der Waals surface area (Å²) in [5.74, 6) is -1.13. The molecule has 0 spiro atoms.